The van der Waals surface area contributed by atoms with E-state index in [2.05, 4.69) is 10.5 Å². The van der Waals surface area contributed by atoms with Crippen LogP contribution >= 0.6 is 0 Å². The Morgan fingerprint density at radius 1 is 1.18 bits per heavy atom. The molecular formula is C16H19N3O3. The van der Waals surface area contributed by atoms with Crippen LogP contribution in [-0.2, 0) is 0 Å². The van der Waals surface area contributed by atoms with E-state index in [4.69, 9.17) is 4.52 Å². The maximum Gasteiger partial charge on any atom is 0.294 e. The molecule has 0 bridgehead atoms. The minimum atomic E-state index is -0.372. The molecule has 0 saturated heterocycles. The summed E-state index contributed by atoms with van der Waals surface area (Å²) in [4.78, 5) is 25.8. The fraction of sp³-hybridized carbons (Fsp3) is 0.312. The summed E-state index contributed by atoms with van der Waals surface area (Å²) in [5, 5.41) is 6.37. The van der Waals surface area contributed by atoms with Crippen molar-refractivity contribution in [3.63, 3.8) is 0 Å². The number of aryl methyl sites for hydroxylation is 1. The van der Waals surface area contributed by atoms with Crippen LogP contribution in [0.15, 0.2) is 34.9 Å². The smallest absolute Gasteiger partial charge is 0.294 e. The summed E-state index contributed by atoms with van der Waals surface area (Å²) in [6.45, 7) is 6.95. The standard InChI is InChI=1S/C16H19N3O3/c1-4-19(5-2)16(21)12-6-8-13(9-7-12)17-15(20)14-10-11(3)18-22-14/h6-10H,4-5H2,1-3H3,(H,17,20). The monoisotopic (exact) mass is 301 g/mol. The van der Waals surface area contributed by atoms with Gasteiger partial charge in [0.1, 0.15) is 0 Å². The van der Waals surface area contributed by atoms with Crippen molar-refractivity contribution in [2.24, 2.45) is 0 Å². The number of hydrogen-bond acceptors (Lipinski definition) is 4. The van der Waals surface area contributed by atoms with Gasteiger partial charge in [0.15, 0.2) is 0 Å². The Morgan fingerprint density at radius 3 is 2.32 bits per heavy atom. The number of anilines is 1. The molecule has 0 unspecified atom stereocenters. The van der Waals surface area contributed by atoms with Gasteiger partial charge < -0.3 is 14.7 Å². The van der Waals surface area contributed by atoms with Gasteiger partial charge in [-0.15, -0.1) is 0 Å². The Labute approximate surface area is 129 Å². The third kappa shape index (κ3) is 3.52. The number of carbonyl (C=O) groups excluding carboxylic acids is 2. The van der Waals surface area contributed by atoms with Crippen molar-refractivity contribution in [2.45, 2.75) is 20.8 Å². The number of nitrogens with one attached hydrogen (secondary N) is 1. The quantitative estimate of drug-likeness (QED) is 0.921. The molecule has 0 spiro atoms. The molecule has 116 valence electrons. The predicted octanol–water partition coefficient (Wildman–Crippen LogP) is 2.72. The van der Waals surface area contributed by atoms with Crippen molar-refractivity contribution >= 4 is 17.5 Å². The van der Waals surface area contributed by atoms with Crippen LogP contribution in [0.4, 0.5) is 5.69 Å². The number of rotatable bonds is 5. The molecule has 6 heteroatoms. The number of amides is 2. The molecule has 1 aromatic carbocycles. The molecule has 1 N–H and O–H groups in total. The number of nitrogens with zero attached hydrogens (tertiary/aromatic N) is 2. The van der Waals surface area contributed by atoms with Gasteiger partial charge in [-0.05, 0) is 45.0 Å². The first-order valence-electron chi connectivity index (χ1n) is 7.19. The molecular weight excluding hydrogens is 282 g/mol. The highest BCUT2D eigenvalue weighted by molar-refractivity contribution is 6.02. The van der Waals surface area contributed by atoms with E-state index in [1.165, 1.54) is 0 Å². The summed E-state index contributed by atoms with van der Waals surface area (Å²) in [6, 6.07) is 8.34. The first-order chi connectivity index (χ1) is 10.5. The molecule has 0 aliphatic heterocycles. The van der Waals surface area contributed by atoms with Crippen molar-refractivity contribution in [3.8, 4) is 0 Å². The third-order valence-corrected chi connectivity index (χ3v) is 3.29. The Kier molecular flexibility index (Phi) is 4.93. The van der Waals surface area contributed by atoms with Crippen molar-refractivity contribution in [3.05, 3.63) is 47.3 Å². The van der Waals surface area contributed by atoms with Crippen LogP contribution < -0.4 is 5.32 Å². The van der Waals surface area contributed by atoms with Gasteiger partial charge in [-0.1, -0.05) is 5.16 Å². The number of aromatic nitrogens is 1. The summed E-state index contributed by atoms with van der Waals surface area (Å²) in [5.41, 5.74) is 1.83. The SMILES string of the molecule is CCN(CC)C(=O)c1ccc(NC(=O)c2cc(C)no2)cc1. The maximum absolute atomic E-state index is 12.2. The zero-order chi connectivity index (χ0) is 16.1. The Balaban J connectivity index is 2.06. The number of benzene rings is 1. The summed E-state index contributed by atoms with van der Waals surface area (Å²) in [7, 11) is 0. The lowest BCUT2D eigenvalue weighted by molar-refractivity contribution is 0.0773. The molecule has 2 amide bonds. The normalized spacial score (nSPS) is 10.3. The summed E-state index contributed by atoms with van der Waals surface area (Å²) < 4.78 is 4.90. The molecule has 22 heavy (non-hydrogen) atoms. The first kappa shape index (κ1) is 15.8. The van der Waals surface area contributed by atoms with Crippen molar-refractivity contribution < 1.29 is 14.1 Å². The molecule has 0 radical (unpaired) electrons. The van der Waals surface area contributed by atoms with Crippen LogP contribution in [0.25, 0.3) is 0 Å². The second-order valence-corrected chi connectivity index (χ2v) is 4.84. The Hall–Kier alpha value is -2.63. The summed E-state index contributed by atoms with van der Waals surface area (Å²) in [6.07, 6.45) is 0. The second kappa shape index (κ2) is 6.89. The van der Waals surface area contributed by atoms with E-state index in [0.29, 0.717) is 30.0 Å². The number of carbonyl (C=O) groups is 2. The minimum absolute atomic E-state index is 0.0197. The van der Waals surface area contributed by atoms with E-state index >= 15 is 0 Å². The van der Waals surface area contributed by atoms with Gasteiger partial charge in [-0.25, -0.2) is 0 Å². The highest BCUT2D eigenvalue weighted by atomic mass is 16.5. The van der Waals surface area contributed by atoms with E-state index < -0.39 is 0 Å². The molecule has 0 aliphatic carbocycles. The minimum Gasteiger partial charge on any atom is -0.351 e. The lowest BCUT2D eigenvalue weighted by Crippen LogP contribution is -2.30. The van der Waals surface area contributed by atoms with Gasteiger partial charge in [0.25, 0.3) is 11.8 Å². The van der Waals surface area contributed by atoms with Crippen LogP contribution in [-0.4, -0.2) is 35.0 Å². The van der Waals surface area contributed by atoms with Crippen molar-refractivity contribution in [1.29, 1.82) is 0 Å². The van der Waals surface area contributed by atoms with Gasteiger partial charge in [-0.3, -0.25) is 9.59 Å². The Morgan fingerprint density at radius 2 is 1.82 bits per heavy atom. The molecule has 0 saturated carbocycles. The van der Waals surface area contributed by atoms with Crippen LogP contribution in [0.1, 0.15) is 40.5 Å². The highest BCUT2D eigenvalue weighted by Gasteiger charge is 2.14. The van der Waals surface area contributed by atoms with Crippen molar-refractivity contribution in [2.75, 3.05) is 18.4 Å². The van der Waals surface area contributed by atoms with Gasteiger partial charge in [0.05, 0.1) is 5.69 Å². The topological polar surface area (TPSA) is 75.4 Å². The van der Waals surface area contributed by atoms with Crippen LogP contribution in [0, 0.1) is 6.92 Å². The predicted molar refractivity (Wildman–Crippen MR) is 82.9 cm³/mol. The second-order valence-electron chi connectivity index (χ2n) is 4.84. The van der Waals surface area contributed by atoms with Gasteiger partial charge >= 0.3 is 0 Å². The first-order valence-corrected chi connectivity index (χ1v) is 7.19. The molecule has 1 heterocycles. The van der Waals surface area contributed by atoms with Crippen LogP contribution in [0.2, 0.25) is 0 Å². The molecule has 0 aliphatic rings. The molecule has 2 rings (SSSR count). The summed E-state index contributed by atoms with van der Waals surface area (Å²) in [5.74, 6) is -0.238. The highest BCUT2D eigenvalue weighted by Crippen LogP contribution is 2.13. The van der Waals surface area contributed by atoms with Gasteiger partial charge in [-0.2, -0.15) is 0 Å². The number of hydrogen-bond donors (Lipinski definition) is 1. The largest absolute Gasteiger partial charge is 0.351 e. The third-order valence-electron chi connectivity index (χ3n) is 3.29. The molecule has 0 atom stereocenters. The average Bonchev–Trinajstić information content (AvgIpc) is 2.96. The fourth-order valence-electron chi connectivity index (χ4n) is 2.05. The molecule has 6 nitrogen and oxygen atoms in total. The van der Waals surface area contributed by atoms with E-state index in [-0.39, 0.29) is 17.6 Å². The Bertz CT molecular complexity index is 658. The van der Waals surface area contributed by atoms with E-state index in [1.54, 1.807) is 42.2 Å². The lowest BCUT2D eigenvalue weighted by atomic mass is 10.1. The van der Waals surface area contributed by atoms with Gasteiger partial charge in [0.2, 0.25) is 5.76 Å². The van der Waals surface area contributed by atoms with Crippen LogP contribution in [0.3, 0.4) is 0 Å². The maximum atomic E-state index is 12.2. The summed E-state index contributed by atoms with van der Waals surface area (Å²) >= 11 is 0. The average molecular weight is 301 g/mol. The molecule has 0 fully saturated rings. The van der Waals surface area contributed by atoms with Crippen molar-refractivity contribution in [1.82, 2.24) is 10.1 Å². The molecule has 1 aromatic heterocycles. The molecule has 2 aromatic rings. The van der Waals surface area contributed by atoms with E-state index in [1.807, 2.05) is 13.8 Å². The van der Waals surface area contributed by atoms with Crippen LogP contribution in [0.5, 0.6) is 0 Å². The lowest BCUT2D eigenvalue weighted by Gasteiger charge is -2.18. The van der Waals surface area contributed by atoms with E-state index in [9.17, 15) is 9.59 Å². The van der Waals surface area contributed by atoms with E-state index in [0.717, 1.165) is 0 Å². The zero-order valence-corrected chi connectivity index (χ0v) is 12.9. The zero-order valence-electron chi connectivity index (χ0n) is 12.9. The fourth-order valence-corrected chi connectivity index (χ4v) is 2.05. The van der Waals surface area contributed by atoms with Gasteiger partial charge in [0, 0.05) is 30.4 Å².